The van der Waals surface area contributed by atoms with Crippen molar-refractivity contribution in [3.8, 4) is 11.5 Å². The molecule has 0 atom stereocenters. The van der Waals surface area contributed by atoms with Crippen LogP contribution in [0.15, 0.2) is 42.5 Å². The van der Waals surface area contributed by atoms with Crippen molar-refractivity contribution in [1.82, 2.24) is 0 Å². The predicted octanol–water partition coefficient (Wildman–Crippen LogP) is 3.62. The van der Waals surface area contributed by atoms with E-state index >= 15 is 0 Å². The molecular formula is C20H23NO5. The van der Waals surface area contributed by atoms with Gasteiger partial charge in [0.2, 0.25) is 0 Å². The molecule has 2 aromatic rings. The Balaban J connectivity index is 1.97. The lowest BCUT2D eigenvalue weighted by molar-refractivity contribution is -0.118. The zero-order valence-electron chi connectivity index (χ0n) is 15.4. The molecule has 0 radical (unpaired) electrons. The number of hydrogen-bond donors (Lipinski definition) is 1. The average Bonchev–Trinajstić information content (AvgIpc) is 2.66. The summed E-state index contributed by atoms with van der Waals surface area (Å²) >= 11 is 0. The number of nitrogens with one attached hydrogen (secondary N) is 1. The number of amides is 1. The number of hydrogen-bond acceptors (Lipinski definition) is 5. The lowest BCUT2D eigenvalue weighted by Gasteiger charge is -2.12. The Morgan fingerprint density at radius 1 is 1.00 bits per heavy atom. The van der Waals surface area contributed by atoms with Gasteiger partial charge in [-0.05, 0) is 41.8 Å². The molecule has 0 spiro atoms. The molecule has 0 saturated heterocycles. The van der Waals surface area contributed by atoms with E-state index in [0.717, 1.165) is 0 Å². The molecule has 138 valence electrons. The fraction of sp³-hybridized carbons (Fsp3) is 0.300. The van der Waals surface area contributed by atoms with Crippen molar-refractivity contribution in [2.75, 3.05) is 26.1 Å². The molecule has 2 aromatic carbocycles. The van der Waals surface area contributed by atoms with Gasteiger partial charge in [-0.15, -0.1) is 0 Å². The second kappa shape index (κ2) is 8.89. The molecular weight excluding hydrogens is 334 g/mol. The van der Waals surface area contributed by atoms with Crippen LogP contribution in [0, 0.1) is 0 Å². The first-order valence-corrected chi connectivity index (χ1v) is 8.23. The molecule has 6 nitrogen and oxygen atoms in total. The maximum atomic E-state index is 12.1. The van der Waals surface area contributed by atoms with E-state index in [0.29, 0.717) is 28.7 Å². The summed E-state index contributed by atoms with van der Waals surface area (Å²) in [6.07, 6.45) is 0. The summed E-state index contributed by atoms with van der Waals surface area (Å²) in [7, 11) is 2.76. The summed E-state index contributed by atoms with van der Waals surface area (Å²) in [5.74, 6) is 0.384. The molecule has 0 aliphatic heterocycles. The second-order valence-corrected chi connectivity index (χ2v) is 5.97. The number of anilines is 1. The van der Waals surface area contributed by atoms with E-state index in [1.165, 1.54) is 25.8 Å². The highest BCUT2D eigenvalue weighted by molar-refractivity contribution is 5.92. The SMILES string of the molecule is COC(=O)c1ccc(OCC(=O)Nc2ccc(C(C)C)cc2)c(OC)c1. The van der Waals surface area contributed by atoms with Crippen molar-refractivity contribution in [1.29, 1.82) is 0 Å². The van der Waals surface area contributed by atoms with Gasteiger partial charge in [0.25, 0.3) is 5.91 Å². The first-order valence-electron chi connectivity index (χ1n) is 8.23. The predicted molar refractivity (Wildman–Crippen MR) is 99.0 cm³/mol. The smallest absolute Gasteiger partial charge is 0.337 e. The molecule has 2 rings (SSSR count). The van der Waals surface area contributed by atoms with Crippen molar-refractivity contribution < 1.29 is 23.8 Å². The van der Waals surface area contributed by atoms with Crippen molar-refractivity contribution in [2.24, 2.45) is 0 Å². The van der Waals surface area contributed by atoms with Gasteiger partial charge in [0.15, 0.2) is 18.1 Å². The number of esters is 1. The van der Waals surface area contributed by atoms with E-state index in [4.69, 9.17) is 9.47 Å². The minimum Gasteiger partial charge on any atom is -0.493 e. The molecule has 26 heavy (non-hydrogen) atoms. The zero-order chi connectivity index (χ0) is 19.1. The summed E-state index contributed by atoms with van der Waals surface area (Å²) in [5, 5.41) is 2.78. The number of carbonyl (C=O) groups is 2. The quantitative estimate of drug-likeness (QED) is 0.766. The third kappa shape index (κ3) is 4.99. The fourth-order valence-electron chi connectivity index (χ4n) is 2.32. The van der Waals surface area contributed by atoms with Gasteiger partial charge in [-0.2, -0.15) is 0 Å². The van der Waals surface area contributed by atoms with Gasteiger partial charge < -0.3 is 19.5 Å². The second-order valence-electron chi connectivity index (χ2n) is 5.97. The lowest BCUT2D eigenvalue weighted by atomic mass is 10.0. The Kier molecular flexibility index (Phi) is 6.60. The van der Waals surface area contributed by atoms with E-state index in [9.17, 15) is 9.59 Å². The monoisotopic (exact) mass is 357 g/mol. The topological polar surface area (TPSA) is 73.9 Å². The average molecular weight is 357 g/mol. The number of benzene rings is 2. The summed E-state index contributed by atoms with van der Waals surface area (Å²) in [6.45, 7) is 4.04. The highest BCUT2D eigenvalue weighted by Crippen LogP contribution is 2.28. The van der Waals surface area contributed by atoms with Crippen LogP contribution in [0.4, 0.5) is 5.69 Å². The standard InChI is InChI=1S/C20H23NO5/c1-13(2)14-5-8-16(9-6-14)21-19(22)12-26-17-10-7-15(20(23)25-4)11-18(17)24-3/h5-11,13H,12H2,1-4H3,(H,21,22). The largest absolute Gasteiger partial charge is 0.493 e. The first-order chi connectivity index (χ1) is 12.4. The molecule has 1 amide bonds. The Bertz CT molecular complexity index is 768. The van der Waals surface area contributed by atoms with Crippen molar-refractivity contribution in [3.63, 3.8) is 0 Å². The highest BCUT2D eigenvalue weighted by Gasteiger charge is 2.13. The van der Waals surface area contributed by atoms with Crippen molar-refractivity contribution in [3.05, 3.63) is 53.6 Å². The number of rotatable bonds is 7. The van der Waals surface area contributed by atoms with Crippen molar-refractivity contribution >= 4 is 17.6 Å². The van der Waals surface area contributed by atoms with Crippen molar-refractivity contribution in [2.45, 2.75) is 19.8 Å². The molecule has 0 bridgehead atoms. The molecule has 0 heterocycles. The highest BCUT2D eigenvalue weighted by atomic mass is 16.5. The molecule has 0 unspecified atom stereocenters. The van der Waals surface area contributed by atoms with Gasteiger partial charge in [0, 0.05) is 5.69 Å². The van der Waals surface area contributed by atoms with Gasteiger partial charge in [-0.1, -0.05) is 26.0 Å². The Labute approximate surface area is 153 Å². The number of carbonyl (C=O) groups excluding carboxylic acids is 2. The molecule has 6 heteroatoms. The normalized spacial score (nSPS) is 10.3. The molecule has 1 N–H and O–H groups in total. The van der Waals surface area contributed by atoms with Gasteiger partial charge in [-0.3, -0.25) is 4.79 Å². The van der Waals surface area contributed by atoms with Crippen LogP contribution in [0.2, 0.25) is 0 Å². The first kappa shape index (κ1) is 19.3. The number of methoxy groups -OCH3 is 2. The summed E-state index contributed by atoms with van der Waals surface area (Å²) < 4.78 is 15.4. The van der Waals surface area contributed by atoms with Gasteiger partial charge >= 0.3 is 5.97 Å². The van der Waals surface area contributed by atoms with Crippen LogP contribution in [0.1, 0.15) is 35.7 Å². The van der Waals surface area contributed by atoms with Crippen LogP contribution in [-0.4, -0.2) is 32.7 Å². The third-order valence-corrected chi connectivity index (χ3v) is 3.80. The van der Waals surface area contributed by atoms with Crippen LogP contribution in [-0.2, 0) is 9.53 Å². The summed E-state index contributed by atoms with van der Waals surface area (Å²) in [4.78, 5) is 23.6. The molecule has 0 fully saturated rings. The van der Waals surface area contributed by atoms with Gasteiger partial charge in [-0.25, -0.2) is 4.79 Å². The Morgan fingerprint density at radius 3 is 2.27 bits per heavy atom. The zero-order valence-corrected chi connectivity index (χ0v) is 15.4. The lowest BCUT2D eigenvalue weighted by Crippen LogP contribution is -2.20. The molecule has 0 aliphatic rings. The van der Waals surface area contributed by atoms with E-state index in [-0.39, 0.29) is 12.5 Å². The van der Waals surface area contributed by atoms with Crippen LogP contribution >= 0.6 is 0 Å². The van der Waals surface area contributed by atoms with Crippen LogP contribution in [0.3, 0.4) is 0 Å². The number of ether oxygens (including phenoxy) is 3. The molecule has 0 saturated carbocycles. The van der Waals surface area contributed by atoms with E-state index in [1.54, 1.807) is 12.1 Å². The van der Waals surface area contributed by atoms with E-state index in [1.807, 2.05) is 24.3 Å². The third-order valence-electron chi connectivity index (χ3n) is 3.80. The maximum absolute atomic E-state index is 12.1. The van der Waals surface area contributed by atoms with Crippen LogP contribution in [0.5, 0.6) is 11.5 Å². The van der Waals surface area contributed by atoms with E-state index in [2.05, 4.69) is 23.9 Å². The van der Waals surface area contributed by atoms with E-state index < -0.39 is 5.97 Å². The minimum absolute atomic E-state index is 0.181. The van der Waals surface area contributed by atoms with Gasteiger partial charge in [0.1, 0.15) is 0 Å². The van der Waals surface area contributed by atoms with Gasteiger partial charge in [0.05, 0.1) is 19.8 Å². The van der Waals surface area contributed by atoms with Crippen LogP contribution in [0.25, 0.3) is 0 Å². The Morgan fingerprint density at radius 2 is 1.69 bits per heavy atom. The minimum atomic E-state index is -0.475. The summed E-state index contributed by atoms with van der Waals surface area (Å²) in [6, 6.07) is 12.3. The Hall–Kier alpha value is -3.02. The maximum Gasteiger partial charge on any atom is 0.337 e. The van der Waals surface area contributed by atoms with Crippen LogP contribution < -0.4 is 14.8 Å². The molecule has 0 aromatic heterocycles. The summed E-state index contributed by atoms with van der Waals surface area (Å²) in [5.41, 5.74) is 2.25. The fourth-order valence-corrected chi connectivity index (χ4v) is 2.32. The molecule has 0 aliphatic carbocycles.